The zero-order valence-electron chi connectivity index (χ0n) is 16.0. The summed E-state index contributed by atoms with van der Waals surface area (Å²) in [5.74, 6) is -0.961. The van der Waals surface area contributed by atoms with Crippen LogP contribution in [0, 0.1) is 11.8 Å². The highest BCUT2D eigenvalue weighted by Crippen LogP contribution is 2.41. The molecule has 1 heterocycles. The van der Waals surface area contributed by atoms with E-state index >= 15 is 0 Å². The number of para-hydroxylation sites is 1. The normalized spacial score (nSPS) is 21.1. The van der Waals surface area contributed by atoms with Crippen molar-refractivity contribution >= 4 is 40.7 Å². The molecule has 1 saturated carbocycles. The molecule has 0 spiro atoms. The van der Waals surface area contributed by atoms with Crippen LogP contribution in [0.15, 0.2) is 42.5 Å². The maximum atomic E-state index is 13.0. The predicted octanol–water partition coefficient (Wildman–Crippen LogP) is 4.28. The fraction of sp³-hybridized carbons (Fsp3) is 0.318. The minimum Gasteiger partial charge on any atom is -0.495 e. The summed E-state index contributed by atoms with van der Waals surface area (Å²) in [6.07, 6.45) is 3.34. The van der Waals surface area contributed by atoms with E-state index in [2.05, 4.69) is 5.32 Å². The Morgan fingerprint density at radius 3 is 2.38 bits per heavy atom. The van der Waals surface area contributed by atoms with Crippen LogP contribution in [0.4, 0.5) is 11.4 Å². The third-order valence-electron chi connectivity index (χ3n) is 5.64. The SMILES string of the molecule is COc1ccc(Cl)cc1NC(=O)c1ccccc1N1C(=O)[C@@H]2CCCC[C@H]2C1=O. The molecular weight excluding hydrogens is 392 g/mol. The highest BCUT2D eigenvalue weighted by molar-refractivity contribution is 6.31. The maximum absolute atomic E-state index is 13.0. The molecule has 0 aromatic heterocycles. The van der Waals surface area contributed by atoms with Crippen molar-refractivity contribution in [2.75, 3.05) is 17.3 Å². The molecule has 1 N–H and O–H groups in total. The van der Waals surface area contributed by atoms with Crippen LogP contribution in [0.5, 0.6) is 5.75 Å². The van der Waals surface area contributed by atoms with Gasteiger partial charge in [0.2, 0.25) is 11.8 Å². The van der Waals surface area contributed by atoms with Gasteiger partial charge < -0.3 is 10.1 Å². The van der Waals surface area contributed by atoms with Crippen molar-refractivity contribution in [3.63, 3.8) is 0 Å². The van der Waals surface area contributed by atoms with E-state index in [-0.39, 0.29) is 29.2 Å². The molecule has 0 unspecified atom stereocenters. The summed E-state index contributed by atoms with van der Waals surface area (Å²) in [6, 6.07) is 11.6. The lowest BCUT2D eigenvalue weighted by Gasteiger charge is -2.19. The predicted molar refractivity (Wildman–Crippen MR) is 110 cm³/mol. The van der Waals surface area contributed by atoms with Gasteiger partial charge in [-0.1, -0.05) is 36.6 Å². The third-order valence-corrected chi connectivity index (χ3v) is 5.88. The monoisotopic (exact) mass is 412 g/mol. The highest BCUT2D eigenvalue weighted by Gasteiger charge is 2.49. The van der Waals surface area contributed by atoms with Crippen molar-refractivity contribution in [3.8, 4) is 5.75 Å². The molecular formula is C22H21ClN2O4. The van der Waals surface area contributed by atoms with Gasteiger partial charge in [0.1, 0.15) is 5.75 Å². The largest absolute Gasteiger partial charge is 0.495 e. The average Bonchev–Trinajstić information content (AvgIpc) is 2.99. The molecule has 0 bridgehead atoms. The van der Waals surface area contributed by atoms with E-state index in [1.807, 2.05) is 0 Å². The molecule has 3 amide bonds. The van der Waals surface area contributed by atoms with Crippen LogP contribution in [0.25, 0.3) is 0 Å². The Hall–Kier alpha value is -2.86. The first kappa shape index (κ1) is 19.5. The number of halogens is 1. The number of benzene rings is 2. The standard InChI is InChI=1S/C22H21ClN2O4/c1-29-19-11-10-13(23)12-17(19)24-20(26)16-8-4-5-9-18(16)25-21(27)14-6-2-3-7-15(14)22(25)28/h4-5,8-12,14-15H,2-3,6-7H2,1H3,(H,24,26)/t14-,15-/m1/s1. The van der Waals surface area contributed by atoms with Crippen molar-refractivity contribution in [3.05, 3.63) is 53.1 Å². The van der Waals surface area contributed by atoms with Gasteiger partial charge in [0.05, 0.1) is 35.9 Å². The van der Waals surface area contributed by atoms with E-state index in [0.717, 1.165) is 25.7 Å². The summed E-state index contributed by atoms with van der Waals surface area (Å²) in [5.41, 5.74) is 0.970. The number of fused-ring (bicyclic) bond motifs is 1. The second-order valence-corrected chi connectivity index (χ2v) is 7.76. The Kier molecular flexibility index (Phi) is 5.28. The van der Waals surface area contributed by atoms with Crippen molar-refractivity contribution in [1.29, 1.82) is 0 Å². The van der Waals surface area contributed by atoms with Gasteiger partial charge in [-0.3, -0.25) is 14.4 Å². The van der Waals surface area contributed by atoms with Crippen molar-refractivity contribution < 1.29 is 19.1 Å². The first-order valence-corrected chi connectivity index (χ1v) is 10.0. The van der Waals surface area contributed by atoms with E-state index < -0.39 is 5.91 Å². The van der Waals surface area contributed by atoms with Crippen LogP contribution in [0.3, 0.4) is 0 Å². The molecule has 2 aromatic carbocycles. The number of nitrogens with one attached hydrogen (secondary N) is 1. The zero-order chi connectivity index (χ0) is 20.5. The van der Waals surface area contributed by atoms with Crippen molar-refractivity contribution in [1.82, 2.24) is 0 Å². The van der Waals surface area contributed by atoms with Crippen LogP contribution in [0.2, 0.25) is 5.02 Å². The lowest BCUT2D eigenvalue weighted by Crippen LogP contribution is -2.32. The number of rotatable bonds is 4. The fourth-order valence-electron chi connectivity index (χ4n) is 4.23. The third kappa shape index (κ3) is 3.49. The van der Waals surface area contributed by atoms with Gasteiger partial charge in [-0.15, -0.1) is 0 Å². The maximum Gasteiger partial charge on any atom is 0.257 e. The van der Waals surface area contributed by atoms with Gasteiger partial charge in [-0.25, -0.2) is 4.90 Å². The van der Waals surface area contributed by atoms with E-state index in [0.29, 0.717) is 22.1 Å². The first-order valence-electron chi connectivity index (χ1n) is 9.63. The number of nitrogens with zero attached hydrogens (tertiary/aromatic N) is 1. The Morgan fingerprint density at radius 2 is 1.72 bits per heavy atom. The Bertz CT molecular complexity index is 967. The second kappa shape index (κ2) is 7.87. The number of carbonyl (C=O) groups excluding carboxylic acids is 3. The molecule has 2 fully saturated rings. The zero-order valence-corrected chi connectivity index (χ0v) is 16.7. The van der Waals surface area contributed by atoms with Crippen LogP contribution in [-0.2, 0) is 9.59 Å². The van der Waals surface area contributed by atoms with Crippen molar-refractivity contribution in [2.24, 2.45) is 11.8 Å². The Balaban J connectivity index is 1.67. The number of imide groups is 1. The smallest absolute Gasteiger partial charge is 0.257 e. The molecule has 1 aliphatic heterocycles. The molecule has 4 rings (SSSR count). The number of amides is 3. The topological polar surface area (TPSA) is 75.7 Å². The molecule has 1 saturated heterocycles. The average molecular weight is 413 g/mol. The van der Waals surface area contributed by atoms with Crippen LogP contribution >= 0.6 is 11.6 Å². The van der Waals surface area contributed by atoms with Crippen LogP contribution in [-0.4, -0.2) is 24.8 Å². The van der Waals surface area contributed by atoms with Gasteiger partial charge >= 0.3 is 0 Å². The fourth-order valence-corrected chi connectivity index (χ4v) is 4.40. The molecule has 6 nitrogen and oxygen atoms in total. The summed E-state index contributed by atoms with van der Waals surface area (Å²) >= 11 is 6.04. The first-order chi connectivity index (χ1) is 14.0. The number of hydrogen-bond donors (Lipinski definition) is 1. The van der Waals surface area contributed by atoms with Crippen LogP contribution in [0.1, 0.15) is 36.0 Å². The van der Waals surface area contributed by atoms with Gasteiger partial charge in [0.15, 0.2) is 0 Å². The van der Waals surface area contributed by atoms with Gasteiger partial charge in [-0.2, -0.15) is 0 Å². The van der Waals surface area contributed by atoms with Gasteiger partial charge in [0.25, 0.3) is 5.91 Å². The van der Waals surface area contributed by atoms with E-state index in [1.54, 1.807) is 42.5 Å². The Labute approximate surface area is 173 Å². The summed E-state index contributed by atoms with van der Waals surface area (Å²) in [6.45, 7) is 0. The summed E-state index contributed by atoms with van der Waals surface area (Å²) in [5, 5.41) is 3.22. The minimum atomic E-state index is -0.448. The number of anilines is 2. The molecule has 2 aromatic rings. The number of ether oxygens (including phenoxy) is 1. The summed E-state index contributed by atoms with van der Waals surface area (Å²) < 4.78 is 5.27. The lowest BCUT2D eigenvalue weighted by molar-refractivity contribution is -0.122. The molecule has 1 aliphatic carbocycles. The van der Waals surface area contributed by atoms with E-state index in [4.69, 9.17) is 16.3 Å². The van der Waals surface area contributed by atoms with E-state index in [9.17, 15) is 14.4 Å². The molecule has 2 atom stereocenters. The van der Waals surface area contributed by atoms with E-state index in [1.165, 1.54) is 12.0 Å². The van der Waals surface area contributed by atoms with Gasteiger partial charge in [-0.05, 0) is 43.2 Å². The number of methoxy groups -OCH3 is 1. The summed E-state index contributed by atoms with van der Waals surface area (Å²) in [7, 11) is 1.50. The molecule has 2 aliphatic rings. The lowest BCUT2D eigenvalue weighted by atomic mass is 9.81. The Morgan fingerprint density at radius 1 is 1.07 bits per heavy atom. The second-order valence-electron chi connectivity index (χ2n) is 7.33. The molecule has 29 heavy (non-hydrogen) atoms. The summed E-state index contributed by atoms with van der Waals surface area (Å²) in [4.78, 5) is 40.2. The number of hydrogen-bond acceptors (Lipinski definition) is 4. The molecule has 0 radical (unpaired) electrons. The van der Waals surface area contributed by atoms with Gasteiger partial charge in [0, 0.05) is 5.02 Å². The van der Waals surface area contributed by atoms with Crippen LogP contribution < -0.4 is 15.0 Å². The number of carbonyl (C=O) groups is 3. The quantitative estimate of drug-likeness (QED) is 0.760. The molecule has 150 valence electrons. The molecule has 7 heteroatoms. The van der Waals surface area contributed by atoms with Crippen molar-refractivity contribution in [2.45, 2.75) is 25.7 Å². The minimum absolute atomic E-state index is 0.208. The highest BCUT2D eigenvalue weighted by atomic mass is 35.5.